The lowest BCUT2D eigenvalue weighted by Gasteiger charge is -2.54. The van der Waals surface area contributed by atoms with E-state index in [-0.39, 0.29) is 5.69 Å². The first-order chi connectivity index (χ1) is 11.1. The van der Waals surface area contributed by atoms with Gasteiger partial charge in [-0.25, -0.2) is 14.3 Å². The van der Waals surface area contributed by atoms with Crippen molar-refractivity contribution in [3.63, 3.8) is 0 Å². The van der Waals surface area contributed by atoms with E-state index >= 15 is 0 Å². The third kappa shape index (κ3) is 2.61. The molecule has 122 valence electrons. The van der Waals surface area contributed by atoms with Crippen molar-refractivity contribution in [3.8, 4) is 0 Å². The molecule has 2 aliphatic rings. The quantitative estimate of drug-likeness (QED) is 0.632. The first kappa shape index (κ1) is 14.9. The van der Waals surface area contributed by atoms with E-state index in [0.717, 1.165) is 12.1 Å². The second-order valence-electron chi connectivity index (χ2n) is 6.92. The number of esters is 1. The fourth-order valence-corrected chi connectivity index (χ4v) is 4.34. The molecular weight excluding hydrogens is 314 g/mol. The highest BCUT2D eigenvalue weighted by Gasteiger charge is 2.47. The van der Waals surface area contributed by atoms with Gasteiger partial charge in [0.05, 0.1) is 6.61 Å². The summed E-state index contributed by atoms with van der Waals surface area (Å²) >= 11 is 6.30. The normalized spacial score (nSPS) is 19.6. The maximum Gasteiger partial charge on any atom is 0.358 e. The van der Waals surface area contributed by atoms with Gasteiger partial charge in [0.1, 0.15) is 5.15 Å². The summed E-state index contributed by atoms with van der Waals surface area (Å²) in [6.45, 7) is 2.09. The number of nitrogens with zero attached hydrogens (tertiary/aromatic N) is 3. The van der Waals surface area contributed by atoms with Gasteiger partial charge in [-0.1, -0.05) is 18.0 Å². The molecule has 5 nitrogen and oxygen atoms in total. The Labute approximate surface area is 140 Å². The van der Waals surface area contributed by atoms with Gasteiger partial charge in [0.2, 0.25) is 0 Å². The zero-order chi connectivity index (χ0) is 16.0. The van der Waals surface area contributed by atoms with Crippen LogP contribution in [0.2, 0.25) is 5.15 Å². The third-order valence-electron chi connectivity index (χ3n) is 5.28. The molecule has 0 saturated heterocycles. The summed E-state index contributed by atoms with van der Waals surface area (Å²) in [6, 6.07) is 3.50. The van der Waals surface area contributed by atoms with Crippen molar-refractivity contribution < 1.29 is 9.53 Å². The van der Waals surface area contributed by atoms with Crippen LogP contribution in [0.5, 0.6) is 0 Å². The summed E-state index contributed by atoms with van der Waals surface area (Å²) < 4.78 is 6.47. The lowest BCUT2D eigenvalue weighted by Crippen LogP contribution is -2.43. The number of ether oxygens (including phenoxy) is 1. The Morgan fingerprint density at radius 2 is 2.22 bits per heavy atom. The first-order valence-electron chi connectivity index (χ1n) is 8.31. The van der Waals surface area contributed by atoms with Crippen LogP contribution < -0.4 is 0 Å². The number of hydrogen-bond acceptors (Lipinski definition) is 4. The van der Waals surface area contributed by atoms with Crippen molar-refractivity contribution in [1.82, 2.24) is 14.6 Å². The molecule has 6 heteroatoms. The van der Waals surface area contributed by atoms with E-state index in [4.69, 9.17) is 16.3 Å². The van der Waals surface area contributed by atoms with E-state index in [1.54, 1.807) is 13.0 Å². The Bertz CT molecular complexity index is 759. The van der Waals surface area contributed by atoms with Crippen molar-refractivity contribution in [2.45, 2.75) is 45.4 Å². The minimum Gasteiger partial charge on any atom is -0.461 e. The highest BCUT2D eigenvalue weighted by Crippen LogP contribution is 2.59. The Morgan fingerprint density at radius 3 is 2.87 bits per heavy atom. The highest BCUT2D eigenvalue weighted by atomic mass is 35.5. The van der Waals surface area contributed by atoms with Crippen LogP contribution >= 0.6 is 11.6 Å². The maximum atomic E-state index is 11.8. The van der Waals surface area contributed by atoms with Gasteiger partial charge in [0.15, 0.2) is 11.3 Å². The Kier molecular flexibility index (Phi) is 3.56. The molecule has 0 amide bonds. The zero-order valence-electron chi connectivity index (χ0n) is 13.2. The summed E-state index contributed by atoms with van der Waals surface area (Å²) in [7, 11) is 0. The Hall–Kier alpha value is -1.62. The Balaban J connectivity index is 1.53. The van der Waals surface area contributed by atoms with Gasteiger partial charge in [0, 0.05) is 11.8 Å². The van der Waals surface area contributed by atoms with Gasteiger partial charge in [-0.15, -0.1) is 0 Å². The number of halogens is 1. The number of carbonyl (C=O) groups is 1. The summed E-state index contributed by atoms with van der Waals surface area (Å²) in [4.78, 5) is 16.4. The van der Waals surface area contributed by atoms with Gasteiger partial charge in [-0.3, -0.25) is 0 Å². The maximum absolute atomic E-state index is 11.8. The van der Waals surface area contributed by atoms with Crippen LogP contribution in [-0.4, -0.2) is 27.2 Å². The van der Waals surface area contributed by atoms with Gasteiger partial charge in [0.25, 0.3) is 0 Å². The van der Waals surface area contributed by atoms with Crippen LogP contribution in [0, 0.1) is 11.3 Å². The molecule has 0 aliphatic heterocycles. The molecule has 0 N–H and O–H groups in total. The van der Waals surface area contributed by atoms with Crippen molar-refractivity contribution in [2.75, 3.05) is 6.61 Å². The lowest BCUT2D eigenvalue weighted by atomic mass is 9.51. The largest absolute Gasteiger partial charge is 0.461 e. The molecule has 0 aromatic carbocycles. The predicted molar refractivity (Wildman–Crippen MR) is 86.7 cm³/mol. The van der Waals surface area contributed by atoms with Crippen molar-refractivity contribution in [2.24, 2.45) is 11.3 Å². The van der Waals surface area contributed by atoms with E-state index in [1.807, 2.05) is 6.07 Å². The number of hydrogen-bond donors (Lipinski definition) is 0. The fourth-order valence-electron chi connectivity index (χ4n) is 4.09. The minimum atomic E-state index is -0.443. The molecule has 0 unspecified atom stereocenters. The molecule has 2 aromatic rings. The third-order valence-corrected chi connectivity index (χ3v) is 5.55. The predicted octanol–water partition coefficient (Wildman–Crippen LogP) is 3.68. The highest BCUT2D eigenvalue weighted by molar-refractivity contribution is 6.29. The minimum absolute atomic E-state index is 0.246. The molecule has 2 saturated carbocycles. The second kappa shape index (κ2) is 5.48. The molecule has 4 rings (SSSR count). The molecule has 2 heterocycles. The van der Waals surface area contributed by atoms with Crippen LogP contribution in [0.3, 0.4) is 0 Å². The lowest BCUT2D eigenvalue weighted by molar-refractivity contribution is -0.0242. The summed E-state index contributed by atoms with van der Waals surface area (Å²) in [5.74, 6) is 0.273. The summed E-state index contributed by atoms with van der Waals surface area (Å²) in [6.07, 6.45) is 7.81. The molecule has 0 bridgehead atoms. The van der Waals surface area contributed by atoms with Crippen LogP contribution in [0.4, 0.5) is 0 Å². The van der Waals surface area contributed by atoms with Crippen LogP contribution in [0.25, 0.3) is 5.65 Å². The second-order valence-corrected chi connectivity index (χ2v) is 7.31. The molecular formula is C17H20ClN3O2. The van der Waals surface area contributed by atoms with Crippen LogP contribution in [0.1, 0.15) is 55.2 Å². The molecule has 0 atom stereocenters. The van der Waals surface area contributed by atoms with E-state index in [9.17, 15) is 4.79 Å². The van der Waals surface area contributed by atoms with Gasteiger partial charge in [-0.2, -0.15) is 5.10 Å². The molecule has 2 aromatic heterocycles. The number of fused-ring (bicyclic) bond motifs is 1. The topological polar surface area (TPSA) is 56.5 Å². The first-order valence-corrected chi connectivity index (χ1v) is 8.69. The van der Waals surface area contributed by atoms with Crippen molar-refractivity contribution in [3.05, 3.63) is 28.7 Å². The SMILES string of the molecule is CCOC(=O)c1cc2nc(CC3CC4(CCC4)C3)cc(Cl)n2n1. The molecule has 0 radical (unpaired) electrons. The van der Waals surface area contributed by atoms with Crippen LogP contribution in [-0.2, 0) is 11.2 Å². The summed E-state index contributed by atoms with van der Waals surface area (Å²) in [5, 5.41) is 4.66. The average molecular weight is 334 g/mol. The van der Waals surface area contributed by atoms with Gasteiger partial charge in [-0.05, 0) is 56.4 Å². The fraction of sp³-hybridized carbons (Fsp3) is 0.588. The van der Waals surface area contributed by atoms with E-state index in [0.29, 0.717) is 28.7 Å². The number of carbonyl (C=O) groups excluding carboxylic acids is 1. The molecule has 2 aliphatic carbocycles. The van der Waals surface area contributed by atoms with Crippen molar-refractivity contribution >= 4 is 23.2 Å². The monoisotopic (exact) mass is 333 g/mol. The molecule has 2 fully saturated rings. The van der Waals surface area contributed by atoms with Crippen molar-refractivity contribution in [1.29, 1.82) is 0 Å². The Morgan fingerprint density at radius 1 is 1.43 bits per heavy atom. The standard InChI is InChI=1S/C17H20ClN3O2/c1-2-23-16(22)13-8-15-19-12(7-14(18)21(15)20-13)6-11-9-17(10-11)4-3-5-17/h7-8,11H,2-6,9-10H2,1H3. The summed E-state index contributed by atoms with van der Waals surface area (Å²) in [5.41, 5.74) is 2.51. The smallest absolute Gasteiger partial charge is 0.358 e. The van der Waals surface area contributed by atoms with Gasteiger partial charge >= 0.3 is 5.97 Å². The zero-order valence-corrected chi connectivity index (χ0v) is 14.0. The van der Waals surface area contributed by atoms with Gasteiger partial charge < -0.3 is 4.74 Å². The van der Waals surface area contributed by atoms with E-state index in [1.165, 1.54) is 36.6 Å². The van der Waals surface area contributed by atoms with E-state index < -0.39 is 5.97 Å². The molecule has 1 spiro atoms. The number of aromatic nitrogens is 3. The average Bonchev–Trinajstić information content (AvgIpc) is 2.85. The van der Waals surface area contributed by atoms with E-state index in [2.05, 4.69) is 10.1 Å². The van der Waals surface area contributed by atoms with Crippen LogP contribution in [0.15, 0.2) is 12.1 Å². The molecule has 23 heavy (non-hydrogen) atoms. The number of rotatable bonds is 4.